The molecule has 0 unspecified atom stereocenters. The van der Waals surface area contributed by atoms with E-state index in [0.717, 1.165) is 18.2 Å². The predicted octanol–water partition coefficient (Wildman–Crippen LogP) is 5.03. The topological polar surface area (TPSA) is 17.1 Å². The average molecular weight is 361 g/mol. The van der Waals surface area contributed by atoms with Crippen molar-refractivity contribution in [3.05, 3.63) is 69.4 Å². The molecule has 0 aromatic heterocycles. The van der Waals surface area contributed by atoms with Crippen LogP contribution in [0.1, 0.15) is 21.5 Å². The van der Waals surface area contributed by atoms with Crippen LogP contribution in [-0.4, -0.2) is 5.78 Å². The fourth-order valence-electron chi connectivity index (χ4n) is 1.85. The number of hydrogen-bond acceptors (Lipinski definition) is 1. The molecule has 0 aliphatic heterocycles. The van der Waals surface area contributed by atoms with Crippen molar-refractivity contribution in [2.45, 2.75) is 12.6 Å². The molecule has 0 amide bonds. The Morgan fingerprint density at radius 1 is 1.10 bits per heavy atom. The van der Waals surface area contributed by atoms with E-state index in [1.54, 1.807) is 0 Å². The van der Waals surface area contributed by atoms with Gasteiger partial charge in [-0.2, -0.15) is 13.2 Å². The zero-order valence-electron chi connectivity index (χ0n) is 10.5. The number of carbonyl (C=O) groups excluding carboxylic acids is 1. The van der Waals surface area contributed by atoms with Gasteiger partial charge in [-0.25, -0.2) is 4.39 Å². The van der Waals surface area contributed by atoms with E-state index in [9.17, 15) is 22.4 Å². The van der Waals surface area contributed by atoms with Crippen LogP contribution in [-0.2, 0) is 12.6 Å². The molecule has 2 aromatic rings. The van der Waals surface area contributed by atoms with E-state index in [-0.39, 0.29) is 17.5 Å². The largest absolute Gasteiger partial charge is 0.416 e. The van der Waals surface area contributed by atoms with Crippen LogP contribution < -0.4 is 0 Å². The van der Waals surface area contributed by atoms with Crippen LogP contribution in [0, 0.1) is 5.82 Å². The zero-order chi connectivity index (χ0) is 15.6. The van der Waals surface area contributed by atoms with E-state index >= 15 is 0 Å². The van der Waals surface area contributed by atoms with Gasteiger partial charge in [0, 0.05) is 10.9 Å². The summed E-state index contributed by atoms with van der Waals surface area (Å²) >= 11 is 3.07. The lowest BCUT2D eigenvalue weighted by atomic mass is 10.0. The van der Waals surface area contributed by atoms with Gasteiger partial charge in [0.1, 0.15) is 5.82 Å². The summed E-state index contributed by atoms with van der Waals surface area (Å²) < 4.78 is 51.9. The molecule has 21 heavy (non-hydrogen) atoms. The Morgan fingerprint density at radius 3 is 2.43 bits per heavy atom. The van der Waals surface area contributed by atoms with Gasteiger partial charge in [0.05, 0.1) is 11.1 Å². The second-order valence-electron chi connectivity index (χ2n) is 4.42. The van der Waals surface area contributed by atoms with Crippen molar-refractivity contribution in [1.82, 2.24) is 0 Å². The first kappa shape index (κ1) is 15.7. The Morgan fingerprint density at radius 2 is 1.81 bits per heavy atom. The summed E-state index contributed by atoms with van der Waals surface area (Å²) in [7, 11) is 0. The van der Waals surface area contributed by atoms with E-state index in [2.05, 4.69) is 15.9 Å². The average Bonchev–Trinajstić information content (AvgIpc) is 2.37. The van der Waals surface area contributed by atoms with E-state index < -0.39 is 23.3 Å². The molecular formula is C15H9BrF4O. The quantitative estimate of drug-likeness (QED) is 0.554. The molecule has 0 saturated carbocycles. The Balaban J connectivity index is 2.24. The summed E-state index contributed by atoms with van der Waals surface area (Å²) in [6.45, 7) is 0. The molecule has 0 fully saturated rings. The highest BCUT2D eigenvalue weighted by Crippen LogP contribution is 2.29. The van der Waals surface area contributed by atoms with Crippen molar-refractivity contribution in [2.75, 3.05) is 0 Å². The number of halogens is 5. The Labute approximate surface area is 126 Å². The highest BCUT2D eigenvalue weighted by Gasteiger charge is 2.30. The van der Waals surface area contributed by atoms with Crippen molar-refractivity contribution in [3.63, 3.8) is 0 Å². The number of alkyl halides is 3. The standard InChI is InChI=1S/C15H9BrF4O/c16-11-4-5-12(13(17)8-11)14(21)7-9-2-1-3-10(6-9)15(18,19)20/h1-6,8H,7H2. The van der Waals surface area contributed by atoms with Crippen molar-refractivity contribution < 1.29 is 22.4 Å². The maximum Gasteiger partial charge on any atom is 0.416 e. The number of carbonyl (C=O) groups is 1. The lowest BCUT2D eigenvalue weighted by molar-refractivity contribution is -0.137. The first-order chi connectivity index (χ1) is 9.77. The number of ketones is 1. The molecule has 0 aliphatic rings. The van der Waals surface area contributed by atoms with Gasteiger partial charge in [-0.1, -0.05) is 34.1 Å². The van der Waals surface area contributed by atoms with Crippen molar-refractivity contribution in [2.24, 2.45) is 0 Å². The summed E-state index contributed by atoms with van der Waals surface area (Å²) in [6.07, 6.45) is -4.76. The van der Waals surface area contributed by atoms with Crippen LogP contribution in [0.5, 0.6) is 0 Å². The van der Waals surface area contributed by atoms with E-state index in [1.165, 1.54) is 24.3 Å². The number of rotatable bonds is 3. The molecular weight excluding hydrogens is 352 g/mol. The van der Waals surface area contributed by atoms with Crippen LogP contribution in [0.25, 0.3) is 0 Å². The highest BCUT2D eigenvalue weighted by molar-refractivity contribution is 9.10. The number of benzene rings is 2. The minimum absolute atomic E-state index is 0.143. The summed E-state index contributed by atoms with van der Waals surface area (Å²) in [4.78, 5) is 12.0. The van der Waals surface area contributed by atoms with Gasteiger partial charge in [0.25, 0.3) is 0 Å². The van der Waals surface area contributed by atoms with E-state index in [4.69, 9.17) is 0 Å². The SMILES string of the molecule is O=C(Cc1cccc(C(F)(F)F)c1)c1ccc(Br)cc1F. The Kier molecular flexibility index (Phi) is 4.46. The smallest absolute Gasteiger partial charge is 0.294 e. The second kappa shape index (κ2) is 5.97. The minimum atomic E-state index is -4.47. The molecule has 2 rings (SSSR count). The first-order valence-electron chi connectivity index (χ1n) is 5.92. The Hall–Kier alpha value is -1.69. The molecule has 0 aliphatic carbocycles. The van der Waals surface area contributed by atoms with Crippen LogP contribution in [0.3, 0.4) is 0 Å². The first-order valence-corrected chi connectivity index (χ1v) is 6.71. The molecule has 0 N–H and O–H groups in total. The molecule has 0 radical (unpaired) electrons. The Bertz CT molecular complexity index is 680. The van der Waals surface area contributed by atoms with Gasteiger partial charge < -0.3 is 0 Å². The van der Waals surface area contributed by atoms with E-state index in [1.807, 2.05) is 0 Å². The molecule has 1 nitrogen and oxygen atoms in total. The zero-order valence-corrected chi connectivity index (χ0v) is 12.1. The second-order valence-corrected chi connectivity index (χ2v) is 5.34. The van der Waals surface area contributed by atoms with Gasteiger partial charge >= 0.3 is 6.18 Å². The van der Waals surface area contributed by atoms with Crippen molar-refractivity contribution in [1.29, 1.82) is 0 Å². The van der Waals surface area contributed by atoms with Crippen LogP contribution in [0.15, 0.2) is 46.9 Å². The molecule has 0 saturated heterocycles. The third-order valence-corrected chi connectivity index (χ3v) is 3.34. The third kappa shape index (κ3) is 3.91. The summed E-state index contributed by atoms with van der Waals surface area (Å²) in [5.74, 6) is -1.28. The monoisotopic (exact) mass is 360 g/mol. The normalized spacial score (nSPS) is 11.5. The third-order valence-electron chi connectivity index (χ3n) is 2.85. The van der Waals surface area contributed by atoms with Crippen LogP contribution in [0.2, 0.25) is 0 Å². The fourth-order valence-corrected chi connectivity index (χ4v) is 2.19. The molecule has 6 heteroatoms. The van der Waals surface area contributed by atoms with Crippen LogP contribution in [0.4, 0.5) is 17.6 Å². The fraction of sp³-hybridized carbons (Fsp3) is 0.133. The van der Waals surface area contributed by atoms with Crippen molar-refractivity contribution >= 4 is 21.7 Å². The number of Topliss-reactive ketones (excluding diaryl/α,β-unsaturated/α-hetero) is 1. The lowest BCUT2D eigenvalue weighted by Crippen LogP contribution is -2.09. The van der Waals surface area contributed by atoms with Gasteiger partial charge in [0.2, 0.25) is 0 Å². The number of hydrogen-bond donors (Lipinski definition) is 0. The summed E-state index contributed by atoms with van der Waals surface area (Å²) in [6, 6.07) is 8.40. The van der Waals surface area contributed by atoms with Crippen LogP contribution >= 0.6 is 15.9 Å². The molecule has 0 atom stereocenters. The molecule has 0 bridgehead atoms. The van der Waals surface area contributed by atoms with Crippen molar-refractivity contribution in [3.8, 4) is 0 Å². The maximum atomic E-state index is 13.6. The summed E-state index contributed by atoms with van der Waals surface area (Å²) in [5, 5.41) is 0. The van der Waals surface area contributed by atoms with Gasteiger partial charge in [-0.3, -0.25) is 4.79 Å². The lowest BCUT2D eigenvalue weighted by Gasteiger charge is -2.08. The molecule has 110 valence electrons. The van der Waals surface area contributed by atoms with Gasteiger partial charge in [-0.05, 0) is 29.8 Å². The summed E-state index contributed by atoms with van der Waals surface area (Å²) in [5.41, 5.74) is -0.781. The molecule has 0 spiro atoms. The minimum Gasteiger partial charge on any atom is -0.294 e. The molecule has 0 heterocycles. The molecule has 2 aromatic carbocycles. The van der Waals surface area contributed by atoms with Gasteiger partial charge in [0.15, 0.2) is 5.78 Å². The predicted molar refractivity (Wildman–Crippen MR) is 73.6 cm³/mol. The van der Waals surface area contributed by atoms with E-state index in [0.29, 0.717) is 4.47 Å². The maximum absolute atomic E-state index is 13.6. The highest BCUT2D eigenvalue weighted by atomic mass is 79.9. The van der Waals surface area contributed by atoms with Gasteiger partial charge in [-0.15, -0.1) is 0 Å².